The number of benzene rings is 2. The van der Waals surface area contributed by atoms with Crippen molar-refractivity contribution in [2.75, 3.05) is 4.72 Å². The number of aryl methyl sites for hydroxylation is 1. The van der Waals surface area contributed by atoms with E-state index in [-0.39, 0.29) is 21.4 Å². The number of anilines is 1. The van der Waals surface area contributed by atoms with Crippen LogP contribution in [0, 0.1) is 6.92 Å². The largest absolute Gasteiger partial charge is 0.512 e. The van der Waals surface area contributed by atoms with Crippen LogP contribution in [0.3, 0.4) is 0 Å². The first-order valence-electron chi connectivity index (χ1n) is 7.69. The fourth-order valence-electron chi connectivity index (χ4n) is 2.46. The third-order valence-electron chi connectivity index (χ3n) is 3.64. The van der Waals surface area contributed by atoms with Gasteiger partial charge in [0.2, 0.25) is 5.06 Å². The molecule has 9 heteroatoms. The maximum absolute atomic E-state index is 12.7. The van der Waals surface area contributed by atoms with Crippen molar-refractivity contribution in [3.63, 3.8) is 0 Å². The van der Waals surface area contributed by atoms with Crippen LogP contribution in [0.4, 0.5) is 10.5 Å². The van der Waals surface area contributed by atoms with E-state index in [1.807, 2.05) is 0 Å². The van der Waals surface area contributed by atoms with E-state index < -0.39 is 16.2 Å². The molecule has 1 heterocycles. The average molecular weight is 405 g/mol. The standard InChI is InChI=1S/C18H15NO6S2/c1-11-5-2-3-8-16(11)27(23,24)19-14-10-15(26-17(14)25-18(21)22)12-6-4-7-13(20)9-12/h2-10,19-20H,1H3,(H,21,22). The van der Waals surface area contributed by atoms with Gasteiger partial charge in [0.05, 0.1) is 4.90 Å². The van der Waals surface area contributed by atoms with Crippen molar-refractivity contribution in [1.29, 1.82) is 0 Å². The van der Waals surface area contributed by atoms with Gasteiger partial charge in [-0.3, -0.25) is 4.72 Å². The van der Waals surface area contributed by atoms with Crippen molar-refractivity contribution in [1.82, 2.24) is 0 Å². The zero-order valence-corrected chi connectivity index (χ0v) is 15.7. The predicted octanol–water partition coefficient (Wildman–Crippen LogP) is 4.29. The van der Waals surface area contributed by atoms with Crippen LogP contribution in [0.2, 0.25) is 0 Å². The van der Waals surface area contributed by atoms with Gasteiger partial charge in [-0.15, -0.1) is 0 Å². The minimum absolute atomic E-state index is 0.00370. The summed E-state index contributed by atoms with van der Waals surface area (Å²) >= 11 is 0.949. The van der Waals surface area contributed by atoms with E-state index >= 15 is 0 Å². The van der Waals surface area contributed by atoms with Crippen LogP contribution in [0.1, 0.15) is 5.56 Å². The monoisotopic (exact) mass is 405 g/mol. The number of carboxylic acid groups (broad SMARTS) is 1. The normalized spacial score (nSPS) is 11.1. The smallest absolute Gasteiger partial charge is 0.508 e. The minimum Gasteiger partial charge on any atom is -0.508 e. The summed E-state index contributed by atoms with van der Waals surface area (Å²) in [4.78, 5) is 11.6. The lowest BCUT2D eigenvalue weighted by molar-refractivity contribution is 0.146. The van der Waals surface area contributed by atoms with Crippen LogP contribution >= 0.6 is 11.3 Å². The zero-order valence-electron chi connectivity index (χ0n) is 14.0. The van der Waals surface area contributed by atoms with Gasteiger partial charge >= 0.3 is 6.16 Å². The molecule has 2 aromatic carbocycles. The summed E-state index contributed by atoms with van der Waals surface area (Å²) in [5.41, 5.74) is 1.15. The molecular formula is C18H15NO6S2. The molecule has 3 aromatic rings. The molecule has 0 bridgehead atoms. The van der Waals surface area contributed by atoms with E-state index in [0.29, 0.717) is 16.0 Å². The Labute approximate surface area is 159 Å². The lowest BCUT2D eigenvalue weighted by Gasteiger charge is -2.10. The van der Waals surface area contributed by atoms with Gasteiger partial charge in [-0.25, -0.2) is 13.2 Å². The molecule has 0 atom stereocenters. The highest BCUT2D eigenvalue weighted by atomic mass is 32.2. The molecule has 0 amide bonds. The summed E-state index contributed by atoms with van der Waals surface area (Å²) < 4.78 is 32.5. The highest BCUT2D eigenvalue weighted by Crippen LogP contribution is 2.42. The van der Waals surface area contributed by atoms with Crippen LogP contribution < -0.4 is 9.46 Å². The summed E-state index contributed by atoms with van der Waals surface area (Å²) in [6.45, 7) is 1.66. The first-order chi connectivity index (χ1) is 12.8. The van der Waals surface area contributed by atoms with Crippen molar-refractivity contribution in [2.24, 2.45) is 0 Å². The van der Waals surface area contributed by atoms with Crippen LogP contribution in [0.15, 0.2) is 59.5 Å². The Kier molecular flexibility index (Phi) is 5.06. The molecule has 0 unspecified atom stereocenters. The van der Waals surface area contributed by atoms with E-state index in [1.54, 1.807) is 37.3 Å². The maximum atomic E-state index is 12.7. The van der Waals surface area contributed by atoms with E-state index in [1.165, 1.54) is 24.3 Å². The number of hydrogen-bond donors (Lipinski definition) is 3. The Morgan fingerprint density at radius 1 is 1.11 bits per heavy atom. The Balaban J connectivity index is 2.03. The molecule has 0 radical (unpaired) electrons. The number of sulfonamides is 1. The maximum Gasteiger partial charge on any atom is 0.512 e. The molecule has 0 aliphatic carbocycles. The molecule has 0 fully saturated rings. The first kappa shape index (κ1) is 18.7. The van der Waals surface area contributed by atoms with Gasteiger partial charge in [0.1, 0.15) is 11.4 Å². The van der Waals surface area contributed by atoms with Crippen molar-refractivity contribution in [3.05, 3.63) is 60.2 Å². The van der Waals surface area contributed by atoms with Crippen LogP contribution in [-0.4, -0.2) is 24.8 Å². The summed E-state index contributed by atoms with van der Waals surface area (Å²) in [6, 6.07) is 14.2. The minimum atomic E-state index is -3.94. The second kappa shape index (κ2) is 7.29. The molecule has 0 aliphatic heterocycles. The van der Waals surface area contributed by atoms with Gasteiger partial charge in [-0.2, -0.15) is 0 Å². The lowest BCUT2D eigenvalue weighted by atomic mass is 10.2. The Morgan fingerprint density at radius 2 is 1.85 bits per heavy atom. The molecule has 7 nitrogen and oxygen atoms in total. The number of hydrogen-bond acceptors (Lipinski definition) is 6. The number of nitrogens with one attached hydrogen (secondary N) is 1. The number of rotatable bonds is 5. The molecule has 0 spiro atoms. The Bertz CT molecular complexity index is 1100. The van der Waals surface area contributed by atoms with Gasteiger partial charge < -0.3 is 14.9 Å². The van der Waals surface area contributed by atoms with Crippen molar-refractivity contribution in [3.8, 4) is 21.3 Å². The van der Waals surface area contributed by atoms with E-state index in [4.69, 9.17) is 9.84 Å². The summed E-state index contributed by atoms with van der Waals surface area (Å²) in [7, 11) is -3.94. The molecule has 0 aliphatic rings. The molecule has 3 rings (SSSR count). The predicted molar refractivity (Wildman–Crippen MR) is 102 cm³/mol. The molecule has 0 saturated carbocycles. The quantitative estimate of drug-likeness (QED) is 0.546. The highest BCUT2D eigenvalue weighted by molar-refractivity contribution is 7.92. The third kappa shape index (κ3) is 4.21. The molecule has 1 aromatic heterocycles. The molecule has 0 saturated heterocycles. The Morgan fingerprint density at radius 3 is 2.52 bits per heavy atom. The summed E-state index contributed by atoms with van der Waals surface area (Å²) in [5.74, 6) is 0.0312. The number of ether oxygens (including phenoxy) is 1. The van der Waals surface area contributed by atoms with E-state index in [0.717, 1.165) is 11.3 Å². The second-order valence-electron chi connectivity index (χ2n) is 5.60. The molecule has 140 valence electrons. The first-order valence-corrected chi connectivity index (χ1v) is 9.99. The Hall–Kier alpha value is -3.04. The van der Waals surface area contributed by atoms with Gasteiger partial charge in [-0.1, -0.05) is 41.7 Å². The lowest BCUT2D eigenvalue weighted by Crippen LogP contribution is -2.15. The number of phenols is 1. The van der Waals surface area contributed by atoms with E-state index in [2.05, 4.69) is 4.72 Å². The van der Waals surface area contributed by atoms with Crippen LogP contribution in [0.25, 0.3) is 10.4 Å². The third-order valence-corrected chi connectivity index (χ3v) is 6.22. The van der Waals surface area contributed by atoms with Gasteiger partial charge in [0.15, 0.2) is 0 Å². The van der Waals surface area contributed by atoms with Crippen LogP contribution in [-0.2, 0) is 10.0 Å². The van der Waals surface area contributed by atoms with Gasteiger partial charge in [0, 0.05) is 4.88 Å². The van der Waals surface area contributed by atoms with Gasteiger partial charge in [-0.05, 0) is 42.3 Å². The topological polar surface area (TPSA) is 113 Å². The van der Waals surface area contributed by atoms with Crippen molar-refractivity contribution >= 4 is 33.2 Å². The molecule has 3 N–H and O–H groups in total. The average Bonchev–Trinajstić information content (AvgIpc) is 2.96. The highest BCUT2D eigenvalue weighted by Gasteiger charge is 2.22. The van der Waals surface area contributed by atoms with Crippen molar-refractivity contribution < 1.29 is 28.2 Å². The second-order valence-corrected chi connectivity index (χ2v) is 8.27. The summed E-state index contributed by atoms with van der Waals surface area (Å²) in [6.07, 6.45) is -1.56. The fourth-order valence-corrected chi connectivity index (χ4v) is 4.78. The SMILES string of the molecule is Cc1ccccc1S(=O)(=O)Nc1cc(-c2cccc(O)c2)sc1OC(=O)O. The molecule has 27 heavy (non-hydrogen) atoms. The number of carbonyl (C=O) groups is 1. The number of thiophene rings is 1. The fraction of sp³-hybridized carbons (Fsp3) is 0.0556. The summed E-state index contributed by atoms with van der Waals surface area (Å²) in [5, 5.41) is 18.5. The van der Waals surface area contributed by atoms with Crippen molar-refractivity contribution in [2.45, 2.75) is 11.8 Å². The zero-order chi connectivity index (χ0) is 19.6. The number of aromatic hydroxyl groups is 1. The molecular weight excluding hydrogens is 390 g/mol. The van der Waals surface area contributed by atoms with Gasteiger partial charge in [0.25, 0.3) is 10.0 Å². The van der Waals surface area contributed by atoms with Crippen LogP contribution in [0.5, 0.6) is 10.8 Å². The van der Waals surface area contributed by atoms with E-state index in [9.17, 15) is 18.3 Å². The number of phenolic OH excluding ortho intramolecular Hbond substituents is 1.